The van der Waals surface area contributed by atoms with Crippen LogP contribution in [0.15, 0.2) is 24.3 Å². The largest absolute Gasteiger partial charge is 0.466 e. The number of ether oxygens (including phenoxy) is 1. The van der Waals surface area contributed by atoms with E-state index in [1.165, 1.54) is 295 Å². The monoisotopic (exact) mass is 1040 g/mol. The van der Waals surface area contributed by atoms with Crippen LogP contribution in [0, 0.1) is 0 Å². The SMILES string of the molecule is CCCCCCC/C=C\CCCCCCCC(=O)OCCCCCCCCCCCCCC/C=C\CCCCCCCCCCCCCCCCCCCC(=O)NC(CO)C(O)CCCCCCCCCCCC. The molecule has 3 N–H and O–H groups in total. The molecule has 1 amide bonds. The molecule has 0 spiro atoms. The summed E-state index contributed by atoms with van der Waals surface area (Å²) in [5.74, 6) is -0.0216. The predicted molar refractivity (Wildman–Crippen MR) is 324 cm³/mol. The van der Waals surface area contributed by atoms with E-state index in [4.69, 9.17) is 4.74 Å². The normalized spacial score (nSPS) is 12.6. The third kappa shape index (κ3) is 59.6. The number of allylic oxidation sites excluding steroid dienone is 4. The van der Waals surface area contributed by atoms with Gasteiger partial charge < -0.3 is 20.3 Å². The van der Waals surface area contributed by atoms with Crippen molar-refractivity contribution in [2.45, 2.75) is 386 Å². The van der Waals surface area contributed by atoms with Crippen LogP contribution >= 0.6 is 0 Å². The second kappa shape index (κ2) is 63.9. The molecule has 6 nitrogen and oxygen atoms in total. The summed E-state index contributed by atoms with van der Waals surface area (Å²) in [5.41, 5.74) is 0. The average Bonchev–Trinajstić information content (AvgIpc) is 3.40. The summed E-state index contributed by atoms with van der Waals surface area (Å²) in [7, 11) is 0. The smallest absolute Gasteiger partial charge is 0.305 e. The molecule has 0 aromatic carbocycles. The number of esters is 1. The molecular formula is C68H131NO5. The highest BCUT2D eigenvalue weighted by atomic mass is 16.5. The van der Waals surface area contributed by atoms with Gasteiger partial charge in [-0.25, -0.2) is 0 Å². The summed E-state index contributed by atoms with van der Waals surface area (Å²) in [6.45, 7) is 4.95. The maximum atomic E-state index is 12.4. The van der Waals surface area contributed by atoms with Crippen molar-refractivity contribution in [3.63, 3.8) is 0 Å². The zero-order valence-corrected chi connectivity index (χ0v) is 50.1. The minimum atomic E-state index is -0.660. The van der Waals surface area contributed by atoms with E-state index in [1.807, 2.05) is 0 Å². The number of carbonyl (C=O) groups excluding carboxylic acids is 2. The van der Waals surface area contributed by atoms with Gasteiger partial charge in [-0.2, -0.15) is 0 Å². The quantitative estimate of drug-likeness (QED) is 0.0320. The first-order valence-electron chi connectivity index (χ1n) is 33.6. The fourth-order valence-corrected chi connectivity index (χ4v) is 10.6. The molecule has 2 atom stereocenters. The Morgan fingerprint density at radius 3 is 0.959 bits per heavy atom. The van der Waals surface area contributed by atoms with E-state index in [9.17, 15) is 19.8 Å². The van der Waals surface area contributed by atoms with Crippen LogP contribution in [0.5, 0.6) is 0 Å². The van der Waals surface area contributed by atoms with Gasteiger partial charge in [0.1, 0.15) is 0 Å². The first-order chi connectivity index (χ1) is 36.5. The molecule has 0 aromatic rings. The van der Waals surface area contributed by atoms with E-state index in [-0.39, 0.29) is 18.5 Å². The van der Waals surface area contributed by atoms with Crippen LogP contribution < -0.4 is 5.32 Å². The van der Waals surface area contributed by atoms with Gasteiger partial charge in [0, 0.05) is 12.8 Å². The Morgan fingerprint density at radius 2 is 0.635 bits per heavy atom. The predicted octanol–water partition coefficient (Wildman–Crippen LogP) is 21.4. The molecule has 74 heavy (non-hydrogen) atoms. The zero-order chi connectivity index (χ0) is 53.6. The summed E-state index contributed by atoms with van der Waals surface area (Å²) in [6.07, 6.45) is 79.5. The number of unbranched alkanes of at least 4 members (excludes halogenated alkanes) is 48. The van der Waals surface area contributed by atoms with Gasteiger partial charge in [-0.1, -0.05) is 308 Å². The number of aliphatic hydroxyl groups excluding tert-OH is 2. The van der Waals surface area contributed by atoms with Crippen LogP contribution in [0.1, 0.15) is 373 Å². The Kier molecular flexibility index (Phi) is 62.4. The molecule has 0 rings (SSSR count). The van der Waals surface area contributed by atoms with E-state index in [0.29, 0.717) is 25.9 Å². The Labute approximate surface area is 462 Å². The van der Waals surface area contributed by atoms with Crippen molar-refractivity contribution in [1.82, 2.24) is 5.32 Å². The molecule has 438 valence electrons. The summed E-state index contributed by atoms with van der Waals surface area (Å²) < 4.78 is 5.48. The molecule has 0 aromatic heterocycles. The molecule has 0 fully saturated rings. The lowest BCUT2D eigenvalue weighted by atomic mass is 10.0. The highest BCUT2D eigenvalue weighted by Gasteiger charge is 2.20. The van der Waals surface area contributed by atoms with Crippen LogP contribution in [0.2, 0.25) is 0 Å². The first-order valence-corrected chi connectivity index (χ1v) is 33.6. The van der Waals surface area contributed by atoms with Gasteiger partial charge in [-0.3, -0.25) is 9.59 Å². The average molecular weight is 1040 g/mol. The van der Waals surface area contributed by atoms with E-state index >= 15 is 0 Å². The molecule has 0 saturated heterocycles. The van der Waals surface area contributed by atoms with Crippen molar-refractivity contribution in [2.75, 3.05) is 13.2 Å². The van der Waals surface area contributed by atoms with Gasteiger partial charge in [0.25, 0.3) is 0 Å². The lowest BCUT2D eigenvalue weighted by Crippen LogP contribution is -2.45. The minimum absolute atomic E-state index is 0.0104. The molecule has 0 aliphatic carbocycles. The maximum absolute atomic E-state index is 12.4. The fraction of sp³-hybridized carbons (Fsp3) is 0.912. The van der Waals surface area contributed by atoms with Gasteiger partial charge in [-0.15, -0.1) is 0 Å². The lowest BCUT2D eigenvalue weighted by molar-refractivity contribution is -0.143. The summed E-state index contributed by atoms with van der Waals surface area (Å²) in [6, 6.07) is -0.537. The number of carbonyl (C=O) groups is 2. The van der Waals surface area contributed by atoms with Crippen molar-refractivity contribution in [3.8, 4) is 0 Å². The van der Waals surface area contributed by atoms with Crippen LogP contribution in [0.25, 0.3) is 0 Å². The Hall–Kier alpha value is -1.66. The number of nitrogens with one attached hydrogen (secondary N) is 1. The molecule has 0 heterocycles. The summed E-state index contributed by atoms with van der Waals surface area (Å²) in [4.78, 5) is 24.5. The molecule has 0 aliphatic rings. The number of amides is 1. The first kappa shape index (κ1) is 72.3. The summed E-state index contributed by atoms with van der Waals surface area (Å²) >= 11 is 0. The number of aliphatic hydroxyl groups is 2. The third-order valence-corrected chi connectivity index (χ3v) is 15.7. The minimum Gasteiger partial charge on any atom is -0.466 e. The summed E-state index contributed by atoms with van der Waals surface area (Å²) in [5, 5.41) is 23.2. The van der Waals surface area contributed by atoms with Crippen molar-refractivity contribution in [3.05, 3.63) is 24.3 Å². The van der Waals surface area contributed by atoms with Gasteiger partial charge in [0.2, 0.25) is 5.91 Å². The Morgan fingerprint density at radius 1 is 0.365 bits per heavy atom. The molecule has 0 aliphatic heterocycles. The standard InChI is InChI=1S/C68H131NO5/c1-3-5-7-9-11-13-15-16-39-42-46-50-54-58-62-68(73)74-63-59-55-51-47-43-40-37-35-33-31-29-27-25-23-21-19-17-18-20-22-24-26-28-30-32-34-36-38-41-45-49-53-57-61-67(72)69-65(64-70)66(71)60-56-52-48-44-14-12-10-8-6-4-2/h15-16,21,23,65-66,70-71H,3-14,17-20,22,24-64H2,1-2H3,(H,69,72)/b16-15-,23-21-. The highest BCUT2D eigenvalue weighted by molar-refractivity contribution is 5.76. The van der Waals surface area contributed by atoms with Gasteiger partial charge in [-0.05, 0) is 77.0 Å². The fourth-order valence-electron chi connectivity index (χ4n) is 10.6. The van der Waals surface area contributed by atoms with Crippen molar-refractivity contribution in [2.24, 2.45) is 0 Å². The Bertz CT molecular complexity index is 1150. The van der Waals surface area contributed by atoms with E-state index in [0.717, 1.165) is 44.9 Å². The molecule has 0 bridgehead atoms. The van der Waals surface area contributed by atoms with Crippen LogP contribution in [0.3, 0.4) is 0 Å². The zero-order valence-electron chi connectivity index (χ0n) is 50.1. The van der Waals surface area contributed by atoms with Crippen molar-refractivity contribution >= 4 is 11.9 Å². The number of hydrogen-bond donors (Lipinski definition) is 3. The van der Waals surface area contributed by atoms with E-state index in [2.05, 4.69) is 43.5 Å². The van der Waals surface area contributed by atoms with Gasteiger partial charge in [0.05, 0.1) is 25.4 Å². The van der Waals surface area contributed by atoms with Crippen LogP contribution in [0.4, 0.5) is 0 Å². The topological polar surface area (TPSA) is 95.9 Å². The van der Waals surface area contributed by atoms with Crippen LogP contribution in [-0.2, 0) is 14.3 Å². The second-order valence-corrected chi connectivity index (χ2v) is 23.1. The second-order valence-electron chi connectivity index (χ2n) is 23.1. The molecular weight excluding hydrogens is 911 g/mol. The molecule has 2 unspecified atom stereocenters. The van der Waals surface area contributed by atoms with Crippen molar-refractivity contribution in [1.29, 1.82) is 0 Å². The van der Waals surface area contributed by atoms with E-state index < -0.39 is 12.1 Å². The lowest BCUT2D eigenvalue weighted by Gasteiger charge is -2.22. The third-order valence-electron chi connectivity index (χ3n) is 15.7. The molecule has 0 radical (unpaired) electrons. The highest BCUT2D eigenvalue weighted by Crippen LogP contribution is 2.18. The van der Waals surface area contributed by atoms with Crippen molar-refractivity contribution < 1.29 is 24.5 Å². The number of hydrogen-bond acceptors (Lipinski definition) is 5. The van der Waals surface area contributed by atoms with Gasteiger partial charge >= 0.3 is 5.97 Å². The molecule has 6 heteroatoms. The Balaban J connectivity index is 3.32. The molecule has 0 saturated carbocycles. The van der Waals surface area contributed by atoms with Crippen LogP contribution in [-0.4, -0.2) is 47.4 Å². The van der Waals surface area contributed by atoms with E-state index in [1.54, 1.807) is 0 Å². The maximum Gasteiger partial charge on any atom is 0.305 e. The van der Waals surface area contributed by atoms with Gasteiger partial charge in [0.15, 0.2) is 0 Å². The number of rotatable bonds is 63.